The predicted molar refractivity (Wildman–Crippen MR) is 85.4 cm³/mol. The van der Waals surface area contributed by atoms with Crippen LogP contribution in [0, 0.1) is 11.3 Å². The number of carbonyl (C=O) groups is 1. The highest BCUT2D eigenvalue weighted by molar-refractivity contribution is 5.68. The van der Waals surface area contributed by atoms with Crippen LogP contribution in [0.3, 0.4) is 0 Å². The molecule has 1 fully saturated rings. The third-order valence-electron chi connectivity index (χ3n) is 3.85. The second-order valence-corrected chi connectivity index (χ2v) is 6.66. The number of nitrogen functional groups attached to an aromatic ring is 1. The molecule has 0 bridgehead atoms. The zero-order chi connectivity index (χ0) is 16.3. The van der Waals surface area contributed by atoms with Crippen LogP contribution in [0.2, 0.25) is 0 Å². The highest BCUT2D eigenvalue weighted by atomic mass is 16.6. The molecule has 0 unspecified atom stereocenters. The van der Waals surface area contributed by atoms with E-state index in [0.29, 0.717) is 24.3 Å². The van der Waals surface area contributed by atoms with Crippen LogP contribution in [0.5, 0.6) is 0 Å². The van der Waals surface area contributed by atoms with Gasteiger partial charge in [-0.1, -0.05) is 12.1 Å². The Morgan fingerprint density at radius 3 is 2.55 bits per heavy atom. The van der Waals surface area contributed by atoms with Crippen molar-refractivity contribution in [1.82, 2.24) is 4.90 Å². The number of hydrogen-bond donors (Lipinski definition) is 1. The summed E-state index contributed by atoms with van der Waals surface area (Å²) in [5, 5.41) is 9.06. The number of anilines is 1. The summed E-state index contributed by atoms with van der Waals surface area (Å²) in [6.45, 7) is 6.90. The molecule has 22 heavy (non-hydrogen) atoms. The van der Waals surface area contributed by atoms with E-state index in [9.17, 15) is 4.79 Å². The molecule has 1 heterocycles. The minimum atomic E-state index is -0.473. The standard InChI is InChI=1S/C17H23N3O2/c1-17(2,3)22-16(21)20-9-7-12(8-10-20)14-6-4-5-13(11-18)15(14)19/h4-6,12H,7-10,19H2,1-3H3. The van der Waals surface area contributed by atoms with E-state index in [1.54, 1.807) is 11.0 Å². The van der Waals surface area contributed by atoms with Gasteiger partial charge in [-0.05, 0) is 51.2 Å². The number of likely N-dealkylation sites (tertiary alicyclic amines) is 1. The van der Waals surface area contributed by atoms with Gasteiger partial charge in [0.25, 0.3) is 0 Å². The molecule has 1 aliphatic heterocycles. The van der Waals surface area contributed by atoms with Gasteiger partial charge < -0.3 is 15.4 Å². The summed E-state index contributed by atoms with van der Waals surface area (Å²) in [5.41, 5.74) is 7.71. The van der Waals surface area contributed by atoms with Crippen LogP contribution in [0.4, 0.5) is 10.5 Å². The van der Waals surface area contributed by atoms with Crippen LogP contribution in [0.1, 0.15) is 50.7 Å². The molecule has 2 N–H and O–H groups in total. The van der Waals surface area contributed by atoms with Gasteiger partial charge in [0.2, 0.25) is 0 Å². The van der Waals surface area contributed by atoms with Crippen LogP contribution in [-0.2, 0) is 4.74 Å². The summed E-state index contributed by atoms with van der Waals surface area (Å²) in [4.78, 5) is 13.8. The third kappa shape index (κ3) is 3.70. The quantitative estimate of drug-likeness (QED) is 0.807. The highest BCUT2D eigenvalue weighted by Crippen LogP contribution is 2.33. The van der Waals surface area contributed by atoms with E-state index in [1.165, 1.54) is 0 Å². The minimum Gasteiger partial charge on any atom is -0.444 e. The van der Waals surface area contributed by atoms with Gasteiger partial charge in [0.1, 0.15) is 11.7 Å². The average Bonchev–Trinajstić information content (AvgIpc) is 2.46. The molecule has 1 aromatic carbocycles. The SMILES string of the molecule is CC(C)(C)OC(=O)N1CCC(c2cccc(C#N)c2N)CC1. The molecule has 1 saturated heterocycles. The Morgan fingerprint density at radius 2 is 2.00 bits per heavy atom. The molecule has 5 nitrogen and oxygen atoms in total. The van der Waals surface area contributed by atoms with Crippen LogP contribution in [0.25, 0.3) is 0 Å². The lowest BCUT2D eigenvalue weighted by Crippen LogP contribution is -2.41. The molecule has 5 heteroatoms. The Balaban J connectivity index is 2.01. The molecule has 0 spiro atoms. The number of para-hydroxylation sites is 1. The maximum absolute atomic E-state index is 12.1. The fraction of sp³-hybridized carbons (Fsp3) is 0.529. The van der Waals surface area contributed by atoms with Crippen molar-refractivity contribution in [2.75, 3.05) is 18.8 Å². The van der Waals surface area contributed by atoms with Crippen LogP contribution in [-0.4, -0.2) is 29.7 Å². The number of rotatable bonds is 1. The normalized spacial score (nSPS) is 16.2. The van der Waals surface area contributed by atoms with E-state index < -0.39 is 5.60 Å². The number of amides is 1. The highest BCUT2D eigenvalue weighted by Gasteiger charge is 2.28. The first-order valence-electron chi connectivity index (χ1n) is 7.58. The third-order valence-corrected chi connectivity index (χ3v) is 3.85. The van der Waals surface area contributed by atoms with Crippen molar-refractivity contribution in [3.63, 3.8) is 0 Å². The maximum atomic E-state index is 12.1. The van der Waals surface area contributed by atoms with Gasteiger partial charge in [-0.25, -0.2) is 4.79 Å². The zero-order valence-corrected chi connectivity index (χ0v) is 13.4. The number of nitrogens with two attached hydrogens (primary N) is 1. The molecule has 0 saturated carbocycles. The number of nitrogens with zero attached hydrogens (tertiary/aromatic N) is 2. The van der Waals surface area contributed by atoms with Gasteiger partial charge in [0.05, 0.1) is 11.3 Å². The molecule has 0 aliphatic carbocycles. The molecular weight excluding hydrogens is 278 g/mol. The second-order valence-electron chi connectivity index (χ2n) is 6.66. The molecule has 2 rings (SSSR count). The lowest BCUT2D eigenvalue weighted by atomic mass is 9.87. The van der Waals surface area contributed by atoms with Gasteiger partial charge >= 0.3 is 6.09 Å². The molecular formula is C17H23N3O2. The summed E-state index contributed by atoms with van der Waals surface area (Å²) < 4.78 is 5.40. The maximum Gasteiger partial charge on any atom is 0.410 e. The molecule has 0 aromatic heterocycles. The van der Waals surface area contributed by atoms with Crippen LogP contribution < -0.4 is 5.73 Å². The van der Waals surface area contributed by atoms with Gasteiger partial charge in [-0.2, -0.15) is 5.26 Å². The van der Waals surface area contributed by atoms with Gasteiger partial charge in [0, 0.05) is 13.1 Å². The van der Waals surface area contributed by atoms with E-state index in [4.69, 9.17) is 15.7 Å². The number of ether oxygens (including phenoxy) is 1. The molecule has 1 aliphatic rings. The minimum absolute atomic E-state index is 0.260. The van der Waals surface area contributed by atoms with Gasteiger partial charge in [0.15, 0.2) is 0 Å². The Hall–Kier alpha value is -2.22. The van der Waals surface area contributed by atoms with Gasteiger partial charge in [-0.3, -0.25) is 0 Å². The second kappa shape index (κ2) is 6.27. The van der Waals surface area contributed by atoms with E-state index in [2.05, 4.69) is 6.07 Å². The first kappa shape index (κ1) is 16.2. The van der Waals surface area contributed by atoms with Crippen molar-refractivity contribution in [2.45, 2.75) is 45.1 Å². The van der Waals surface area contributed by atoms with Crippen LogP contribution >= 0.6 is 0 Å². The number of carbonyl (C=O) groups excluding carboxylic acids is 1. The summed E-state index contributed by atoms with van der Waals surface area (Å²) in [7, 11) is 0. The Labute approximate surface area is 131 Å². The Kier molecular flexibility index (Phi) is 4.60. The fourth-order valence-electron chi connectivity index (χ4n) is 2.74. The topological polar surface area (TPSA) is 79.3 Å². The summed E-state index contributed by atoms with van der Waals surface area (Å²) in [6, 6.07) is 7.69. The van der Waals surface area contributed by atoms with Gasteiger partial charge in [-0.15, -0.1) is 0 Å². The molecule has 0 atom stereocenters. The van der Waals surface area contributed by atoms with Crippen LogP contribution in [0.15, 0.2) is 18.2 Å². The summed E-state index contributed by atoms with van der Waals surface area (Å²) in [5.74, 6) is 0.284. The zero-order valence-electron chi connectivity index (χ0n) is 13.4. The molecule has 1 aromatic rings. The molecule has 118 valence electrons. The fourth-order valence-corrected chi connectivity index (χ4v) is 2.74. The van der Waals surface area contributed by atoms with Crippen molar-refractivity contribution in [2.24, 2.45) is 0 Å². The first-order chi connectivity index (χ1) is 10.3. The average molecular weight is 301 g/mol. The Morgan fingerprint density at radius 1 is 1.36 bits per heavy atom. The molecule has 1 amide bonds. The Bertz CT molecular complexity index is 591. The van der Waals surface area contributed by atoms with Crippen molar-refractivity contribution < 1.29 is 9.53 Å². The largest absolute Gasteiger partial charge is 0.444 e. The van der Waals surface area contributed by atoms with E-state index >= 15 is 0 Å². The van der Waals surface area contributed by atoms with Crippen molar-refractivity contribution in [1.29, 1.82) is 5.26 Å². The number of nitriles is 1. The lowest BCUT2D eigenvalue weighted by Gasteiger charge is -2.34. The summed E-state index contributed by atoms with van der Waals surface area (Å²) >= 11 is 0. The first-order valence-corrected chi connectivity index (χ1v) is 7.58. The van der Waals surface area contributed by atoms with Crippen molar-refractivity contribution in [3.8, 4) is 6.07 Å². The number of benzene rings is 1. The number of hydrogen-bond acceptors (Lipinski definition) is 4. The number of piperidine rings is 1. The summed E-state index contributed by atoms with van der Waals surface area (Å²) in [6.07, 6.45) is 1.40. The monoisotopic (exact) mass is 301 g/mol. The predicted octanol–water partition coefficient (Wildman–Crippen LogP) is 3.25. The van der Waals surface area contributed by atoms with Crippen molar-refractivity contribution >= 4 is 11.8 Å². The van der Waals surface area contributed by atoms with E-state index in [0.717, 1.165) is 18.4 Å². The smallest absolute Gasteiger partial charge is 0.410 e. The van der Waals surface area contributed by atoms with E-state index in [-0.39, 0.29) is 12.0 Å². The lowest BCUT2D eigenvalue weighted by molar-refractivity contribution is 0.0205. The van der Waals surface area contributed by atoms with E-state index in [1.807, 2.05) is 32.9 Å². The molecule has 0 radical (unpaired) electrons. The van der Waals surface area contributed by atoms with Crippen molar-refractivity contribution in [3.05, 3.63) is 29.3 Å².